The first-order valence-corrected chi connectivity index (χ1v) is 7.73. The molecule has 0 amide bonds. The lowest BCUT2D eigenvalue weighted by atomic mass is 10.2. The van der Waals surface area contributed by atoms with Gasteiger partial charge in [0, 0.05) is 19.8 Å². The Morgan fingerprint density at radius 1 is 1.24 bits per heavy atom. The van der Waals surface area contributed by atoms with Gasteiger partial charge >= 0.3 is 5.97 Å². The predicted molar refractivity (Wildman–Crippen MR) is 84.0 cm³/mol. The van der Waals surface area contributed by atoms with Crippen LogP contribution in [0.1, 0.15) is 32.3 Å². The molecule has 1 aromatic rings. The molecule has 1 N–H and O–H groups in total. The van der Waals surface area contributed by atoms with Crippen LogP contribution in [0, 0.1) is 5.92 Å². The van der Waals surface area contributed by atoms with Gasteiger partial charge < -0.3 is 14.8 Å². The van der Waals surface area contributed by atoms with Crippen LogP contribution >= 0.6 is 0 Å². The first-order chi connectivity index (χ1) is 10.2. The summed E-state index contributed by atoms with van der Waals surface area (Å²) >= 11 is 0. The Morgan fingerprint density at radius 2 is 2.00 bits per heavy atom. The minimum Gasteiger partial charge on any atom is -0.461 e. The largest absolute Gasteiger partial charge is 0.461 e. The van der Waals surface area contributed by atoms with E-state index >= 15 is 0 Å². The maximum absolute atomic E-state index is 11.8. The summed E-state index contributed by atoms with van der Waals surface area (Å²) in [5.41, 5.74) is 1.01. The lowest BCUT2D eigenvalue weighted by Gasteiger charge is -2.12. The van der Waals surface area contributed by atoms with Crippen molar-refractivity contribution in [2.75, 3.05) is 26.3 Å². The number of nitrogens with one attached hydrogen (secondary N) is 1. The molecule has 0 saturated carbocycles. The van der Waals surface area contributed by atoms with Crippen molar-refractivity contribution in [2.45, 2.75) is 33.3 Å². The summed E-state index contributed by atoms with van der Waals surface area (Å²) < 4.78 is 10.7. The average Bonchev–Trinajstić information content (AvgIpc) is 2.52. The van der Waals surface area contributed by atoms with E-state index in [0.717, 1.165) is 38.2 Å². The Hall–Kier alpha value is -1.39. The van der Waals surface area contributed by atoms with Crippen molar-refractivity contribution in [3.63, 3.8) is 0 Å². The SMILES string of the molecule is CCCOCCCNCC(C)C(=O)OCc1ccccc1. The standard InChI is InChI=1S/C17H27NO3/c1-3-11-20-12-7-10-18-13-15(2)17(19)21-14-16-8-5-4-6-9-16/h4-6,8-9,15,18H,3,7,10-14H2,1-2H3. The minimum atomic E-state index is -0.159. The number of esters is 1. The predicted octanol–water partition coefficient (Wildman–Crippen LogP) is 2.77. The third-order valence-corrected chi connectivity index (χ3v) is 3.07. The second kappa shape index (κ2) is 11.3. The molecular weight excluding hydrogens is 266 g/mol. The molecule has 1 unspecified atom stereocenters. The average molecular weight is 293 g/mol. The summed E-state index contributed by atoms with van der Waals surface area (Å²) in [5.74, 6) is -0.293. The first kappa shape index (κ1) is 17.7. The van der Waals surface area contributed by atoms with Crippen LogP contribution in [-0.4, -0.2) is 32.3 Å². The quantitative estimate of drug-likeness (QED) is 0.503. The fraction of sp³-hybridized carbons (Fsp3) is 0.588. The van der Waals surface area contributed by atoms with Gasteiger partial charge in [-0.25, -0.2) is 0 Å². The number of hydrogen-bond donors (Lipinski definition) is 1. The monoisotopic (exact) mass is 293 g/mol. The molecule has 0 fully saturated rings. The van der Waals surface area contributed by atoms with Gasteiger partial charge in [-0.05, 0) is 24.9 Å². The molecule has 1 rings (SSSR count). The van der Waals surface area contributed by atoms with E-state index in [9.17, 15) is 4.79 Å². The fourth-order valence-corrected chi connectivity index (χ4v) is 1.82. The molecule has 0 radical (unpaired) electrons. The number of carbonyl (C=O) groups is 1. The van der Waals surface area contributed by atoms with E-state index in [1.165, 1.54) is 0 Å². The molecule has 0 aliphatic heterocycles. The highest BCUT2D eigenvalue weighted by atomic mass is 16.5. The molecule has 0 spiro atoms. The van der Waals surface area contributed by atoms with Crippen LogP contribution < -0.4 is 5.32 Å². The van der Waals surface area contributed by atoms with Crippen molar-refractivity contribution in [1.29, 1.82) is 0 Å². The van der Waals surface area contributed by atoms with E-state index in [4.69, 9.17) is 9.47 Å². The zero-order chi connectivity index (χ0) is 15.3. The second-order valence-corrected chi connectivity index (χ2v) is 5.16. The highest BCUT2D eigenvalue weighted by Gasteiger charge is 2.13. The van der Waals surface area contributed by atoms with Gasteiger partial charge in [0.05, 0.1) is 5.92 Å². The van der Waals surface area contributed by atoms with E-state index in [2.05, 4.69) is 12.2 Å². The van der Waals surface area contributed by atoms with Gasteiger partial charge in [-0.3, -0.25) is 4.79 Å². The van der Waals surface area contributed by atoms with Gasteiger partial charge in [0.2, 0.25) is 0 Å². The highest BCUT2D eigenvalue weighted by molar-refractivity contribution is 5.72. The van der Waals surface area contributed by atoms with E-state index in [0.29, 0.717) is 13.2 Å². The number of ether oxygens (including phenoxy) is 2. The molecule has 0 bridgehead atoms. The lowest BCUT2D eigenvalue weighted by Crippen LogP contribution is -2.29. The van der Waals surface area contributed by atoms with Gasteiger partial charge in [0.1, 0.15) is 6.61 Å². The summed E-state index contributed by atoms with van der Waals surface area (Å²) in [5, 5.41) is 3.26. The number of rotatable bonds is 11. The van der Waals surface area contributed by atoms with Crippen molar-refractivity contribution in [3.8, 4) is 0 Å². The van der Waals surface area contributed by atoms with E-state index < -0.39 is 0 Å². The molecule has 0 aliphatic carbocycles. The molecule has 0 heterocycles. The summed E-state index contributed by atoms with van der Waals surface area (Å²) in [6.45, 7) is 7.42. The summed E-state index contributed by atoms with van der Waals surface area (Å²) in [6.07, 6.45) is 2.02. The minimum absolute atomic E-state index is 0.134. The summed E-state index contributed by atoms with van der Waals surface area (Å²) in [6, 6.07) is 9.73. The second-order valence-electron chi connectivity index (χ2n) is 5.16. The molecule has 4 heteroatoms. The van der Waals surface area contributed by atoms with Gasteiger partial charge in [-0.15, -0.1) is 0 Å². The van der Waals surface area contributed by atoms with Gasteiger partial charge in [0.15, 0.2) is 0 Å². The third kappa shape index (κ3) is 8.48. The van der Waals surface area contributed by atoms with Crippen molar-refractivity contribution < 1.29 is 14.3 Å². The zero-order valence-electron chi connectivity index (χ0n) is 13.1. The fourth-order valence-electron chi connectivity index (χ4n) is 1.82. The molecule has 1 aromatic carbocycles. The molecule has 21 heavy (non-hydrogen) atoms. The smallest absolute Gasteiger partial charge is 0.310 e. The molecule has 0 saturated heterocycles. The van der Waals surface area contributed by atoms with Crippen molar-refractivity contribution >= 4 is 5.97 Å². The zero-order valence-corrected chi connectivity index (χ0v) is 13.1. The normalized spacial score (nSPS) is 12.1. The third-order valence-electron chi connectivity index (χ3n) is 3.07. The van der Waals surface area contributed by atoms with Crippen LogP contribution in [-0.2, 0) is 20.9 Å². The molecule has 1 atom stereocenters. The number of carbonyl (C=O) groups excluding carboxylic acids is 1. The Labute approximate surface area is 127 Å². The van der Waals surface area contributed by atoms with Crippen LogP contribution in [0.3, 0.4) is 0 Å². The van der Waals surface area contributed by atoms with Crippen molar-refractivity contribution in [2.24, 2.45) is 5.92 Å². The maximum atomic E-state index is 11.8. The number of benzene rings is 1. The molecule has 0 aliphatic rings. The molecule has 118 valence electrons. The Kier molecular flexibility index (Phi) is 9.49. The Bertz CT molecular complexity index is 381. The van der Waals surface area contributed by atoms with E-state index in [1.807, 2.05) is 37.3 Å². The lowest BCUT2D eigenvalue weighted by molar-refractivity contribution is -0.149. The summed E-state index contributed by atoms with van der Waals surface area (Å²) in [7, 11) is 0. The maximum Gasteiger partial charge on any atom is 0.310 e. The molecule has 4 nitrogen and oxygen atoms in total. The van der Waals surface area contributed by atoms with Crippen LogP contribution in [0.2, 0.25) is 0 Å². The van der Waals surface area contributed by atoms with Crippen LogP contribution in [0.25, 0.3) is 0 Å². The summed E-state index contributed by atoms with van der Waals surface area (Å²) in [4.78, 5) is 11.8. The Balaban J connectivity index is 2.06. The number of hydrogen-bond acceptors (Lipinski definition) is 4. The van der Waals surface area contributed by atoms with E-state index in [-0.39, 0.29) is 11.9 Å². The van der Waals surface area contributed by atoms with Crippen molar-refractivity contribution in [1.82, 2.24) is 5.32 Å². The molecular formula is C17H27NO3. The first-order valence-electron chi connectivity index (χ1n) is 7.73. The van der Waals surface area contributed by atoms with Gasteiger partial charge in [-0.2, -0.15) is 0 Å². The van der Waals surface area contributed by atoms with Crippen LogP contribution in [0.4, 0.5) is 0 Å². The highest BCUT2D eigenvalue weighted by Crippen LogP contribution is 2.04. The van der Waals surface area contributed by atoms with E-state index in [1.54, 1.807) is 0 Å². The van der Waals surface area contributed by atoms with Crippen LogP contribution in [0.15, 0.2) is 30.3 Å². The Morgan fingerprint density at radius 3 is 2.71 bits per heavy atom. The topological polar surface area (TPSA) is 47.6 Å². The van der Waals surface area contributed by atoms with Gasteiger partial charge in [-0.1, -0.05) is 44.2 Å². The van der Waals surface area contributed by atoms with Crippen LogP contribution in [0.5, 0.6) is 0 Å². The van der Waals surface area contributed by atoms with Gasteiger partial charge in [0.25, 0.3) is 0 Å². The molecule has 0 aromatic heterocycles. The van der Waals surface area contributed by atoms with Crippen molar-refractivity contribution in [3.05, 3.63) is 35.9 Å².